The van der Waals surface area contributed by atoms with Crippen LogP contribution in [0.15, 0.2) is 24.3 Å². The third-order valence-corrected chi connectivity index (χ3v) is 7.40. The second-order valence-electron chi connectivity index (χ2n) is 5.92. The number of aryl methyl sites for hydroxylation is 1. The molecule has 8 heteroatoms. The van der Waals surface area contributed by atoms with E-state index in [9.17, 15) is 14.0 Å². The molecule has 1 fully saturated rings. The van der Waals surface area contributed by atoms with Gasteiger partial charge in [-0.1, -0.05) is 0 Å². The van der Waals surface area contributed by atoms with Gasteiger partial charge in [0.1, 0.15) is 5.82 Å². The first-order valence-electron chi connectivity index (χ1n) is 8.09. The van der Waals surface area contributed by atoms with Gasteiger partial charge < -0.3 is 0 Å². The molecule has 0 aliphatic carbocycles. The van der Waals surface area contributed by atoms with Crippen molar-refractivity contribution in [2.75, 3.05) is 19.4 Å². The van der Waals surface area contributed by atoms with E-state index in [0.717, 1.165) is 75.7 Å². The summed E-state index contributed by atoms with van der Waals surface area (Å²) in [4.78, 5) is 26.2. The second kappa shape index (κ2) is 10.6. The van der Waals surface area contributed by atoms with Gasteiger partial charge in [0, 0.05) is 0 Å². The predicted molar refractivity (Wildman–Crippen MR) is 98.4 cm³/mol. The molecule has 1 saturated heterocycles. The number of carbonyl (C=O) groups is 2. The number of hydrogen-bond acceptors (Lipinski definition) is 4. The van der Waals surface area contributed by atoms with E-state index >= 15 is 0 Å². The first-order chi connectivity index (χ1) is 11.9. The van der Waals surface area contributed by atoms with E-state index in [2.05, 4.69) is 0 Å². The fourth-order valence-electron chi connectivity index (χ4n) is 2.86. The van der Waals surface area contributed by atoms with Crippen molar-refractivity contribution in [2.24, 2.45) is 0 Å². The first-order valence-corrected chi connectivity index (χ1v) is 13.6. The molecule has 25 heavy (non-hydrogen) atoms. The molecule has 0 bridgehead atoms. The molecule has 132 valence electrons. The normalized spacial score (nSPS) is 20.1. The average Bonchev–Trinajstić information content (AvgIpc) is 3.03. The standard InChI is InChI=1S/C17H20FNO3S.2Pb/c1-12(20)19-11-15(10-16(19)17(21)22-2)23-9-3-4-13-5-7-14(18)8-6-13;;/h1,5-8,15-16H,3-4,9-11H2,2H3;;. The van der Waals surface area contributed by atoms with Gasteiger partial charge in [-0.3, -0.25) is 0 Å². The van der Waals surface area contributed by atoms with E-state index in [-0.39, 0.29) is 24.0 Å². The predicted octanol–water partition coefficient (Wildman–Crippen LogP) is 1.72. The molecule has 1 amide bonds. The number of methoxy groups -OCH3 is 1. The Balaban J connectivity index is 1.82. The minimum atomic E-state index is -0.419. The number of carbonyl (C=O) groups excluding carboxylic acids is 2. The molecular weight excluding hydrogens is 732 g/mol. The van der Waals surface area contributed by atoms with Crippen LogP contribution in [0.2, 0.25) is 1.04 Å². The third-order valence-electron chi connectivity index (χ3n) is 4.14. The minimum absolute atomic E-state index is 0.128. The fourth-order valence-corrected chi connectivity index (χ4v) is 5.38. The van der Waals surface area contributed by atoms with Crippen LogP contribution in [0.3, 0.4) is 0 Å². The van der Waals surface area contributed by atoms with Crippen LogP contribution in [0.4, 0.5) is 4.39 Å². The summed E-state index contributed by atoms with van der Waals surface area (Å²) in [5.41, 5.74) is 1.13. The van der Waals surface area contributed by atoms with Gasteiger partial charge in [0.15, 0.2) is 0 Å². The fraction of sp³-hybridized carbons (Fsp3) is 0.529. The van der Waals surface area contributed by atoms with E-state index in [1.807, 2.05) is 23.9 Å². The molecule has 0 N–H and O–H groups in total. The number of halogens is 1. The zero-order chi connectivity index (χ0) is 18.4. The van der Waals surface area contributed by atoms with Crippen molar-refractivity contribution in [3.8, 4) is 0 Å². The Morgan fingerprint density at radius 2 is 2.04 bits per heavy atom. The van der Waals surface area contributed by atoms with Crippen LogP contribution in [0, 0.1) is 5.82 Å². The van der Waals surface area contributed by atoms with Crippen LogP contribution in [-0.4, -0.2) is 99.0 Å². The van der Waals surface area contributed by atoms with Crippen LogP contribution in [0.25, 0.3) is 0 Å². The summed E-state index contributed by atoms with van der Waals surface area (Å²) in [7, 11) is 1.38. The maximum absolute atomic E-state index is 12.9. The molecule has 2 unspecified atom stereocenters. The molecule has 4 nitrogen and oxygen atoms in total. The van der Waals surface area contributed by atoms with E-state index < -0.39 is 6.04 Å². The van der Waals surface area contributed by atoms with Crippen molar-refractivity contribution in [2.45, 2.75) is 31.6 Å². The van der Waals surface area contributed by atoms with Crippen molar-refractivity contribution < 1.29 is 18.7 Å². The Kier molecular flexibility index (Phi) is 9.13. The van der Waals surface area contributed by atoms with Gasteiger partial charge in [-0.25, -0.2) is 4.39 Å². The van der Waals surface area contributed by atoms with Gasteiger partial charge in [0.05, 0.1) is 0 Å². The summed E-state index contributed by atoms with van der Waals surface area (Å²) in [5.74, 6) is 0.581. The molecule has 0 spiro atoms. The quantitative estimate of drug-likeness (QED) is 0.242. The van der Waals surface area contributed by atoms with Crippen molar-refractivity contribution in [3.63, 3.8) is 0 Å². The molecule has 1 aromatic carbocycles. The molecule has 2 atom stereocenters. The van der Waals surface area contributed by atoms with Crippen LogP contribution in [0.1, 0.15) is 18.4 Å². The second-order valence-corrected chi connectivity index (χ2v) is 20.5. The molecule has 1 heterocycles. The summed E-state index contributed by atoms with van der Waals surface area (Å²) in [6.07, 6.45) is 2.58. The van der Waals surface area contributed by atoms with E-state index in [1.165, 1.54) is 19.2 Å². The number of nitrogens with zero attached hydrogens (tertiary/aromatic N) is 1. The van der Waals surface area contributed by atoms with Crippen molar-refractivity contribution >= 4 is 75.2 Å². The summed E-state index contributed by atoms with van der Waals surface area (Å²) in [6, 6.07) is 6.20. The van der Waals surface area contributed by atoms with E-state index in [1.54, 1.807) is 4.90 Å². The number of esters is 1. The van der Waals surface area contributed by atoms with Gasteiger partial charge >= 0.3 is 175 Å². The molecular formula is C17H20FNO3Pb2S. The topological polar surface area (TPSA) is 46.6 Å². The Hall–Kier alpha value is 0.284. The Morgan fingerprint density at radius 3 is 2.64 bits per heavy atom. The van der Waals surface area contributed by atoms with Crippen LogP contribution < -0.4 is 0 Å². The zero-order valence-corrected chi connectivity index (χ0v) is 22.6. The molecule has 6 radical (unpaired) electrons. The Bertz CT molecular complexity index is 600. The summed E-state index contributed by atoms with van der Waals surface area (Å²) in [6.45, 7) is 0.640. The van der Waals surface area contributed by atoms with Gasteiger partial charge in [-0.05, 0) is 0 Å². The monoisotopic (exact) mass is 753 g/mol. The first kappa shape index (κ1) is 21.6. The number of rotatable bonds is 7. The number of thioether (sulfide) groups is 1. The van der Waals surface area contributed by atoms with E-state index in [4.69, 9.17) is 4.74 Å². The average molecular weight is 752 g/mol. The number of benzene rings is 1. The maximum atomic E-state index is 12.9. The number of amides is 1. The summed E-state index contributed by atoms with van der Waals surface area (Å²) < 4.78 is 17.9. The van der Waals surface area contributed by atoms with Gasteiger partial charge in [0.2, 0.25) is 0 Å². The third kappa shape index (κ3) is 6.44. The van der Waals surface area contributed by atoms with E-state index in [0.29, 0.717) is 13.0 Å². The van der Waals surface area contributed by atoms with Crippen molar-refractivity contribution in [1.29, 1.82) is 0 Å². The van der Waals surface area contributed by atoms with Crippen LogP contribution in [-0.2, 0) is 20.7 Å². The molecule has 1 aromatic rings. The summed E-state index contributed by atoms with van der Waals surface area (Å²) in [5, 5.41) is 0.281. The van der Waals surface area contributed by atoms with Gasteiger partial charge in [-0.2, -0.15) is 0 Å². The zero-order valence-electron chi connectivity index (χ0n) is 14.0. The number of hydrogen-bond donors (Lipinski definition) is 0. The van der Waals surface area contributed by atoms with Crippen LogP contribution in [0.5, 0.6) is 0 Å². The molecule has 0 saturated carbocycles. The van der Waals surface area contributed by atoms with Crippen LogP contribution >= 0.6 is 11.8 Å². The number of ether oxygens (including phenoxy) is 1. The molecule has 1 aliphatic heterocycles. The summed E-state index contributed by atoms with van der Waals surface area (Å²) >= 11 is 3.50. The Morgan fingerprint density at radius 1 is 1.36 bits per heavy atom. The van der Waals surface area contributed by atoms with Gasteiger partial charge in [-0.15, -0.1) is 0 Å². The molecule has 2 rings (SSSR count). The SMILES string of the molecule is COC(=O)C1CC(SCCCc2ccc(F)cc2)CN1C(=O)[CH]([Pb])[Pb]. The Labute approximate surface area is 184 Å². The number of likely N-dealkylation sites (tertiary alicyclic amines) is 1. The molecule has 1 aliphatic rings. The van der Waals surface area contributed by atoms with Crippen molar-refractivity contribution in [1.82, 2.24) is 4.90 Å². The molecule has 0 aromatic heterocycles. The van der Waals surface area contributed by atoms with Crippen molar-refractivity contribution in [3.05, 3.63) is 35.6 Å². The van der Waals surface area contributed by atoms with Gasteiger partial charge in [0.25, 0.3) is 0 Å².